The lowest BCUT2D eigenvalue weighted by Crippen LogP contribution is -2.13. The second kappa shape index (κ2) is 8.32. The summed E-state index contributed by atoms with van der Waals surface area (Å²) in [4.78, 5) is 35.6. The van der Waals surface area contributed by atoms with E-state index < -0.39 is 0 Å². The molecule has 1 aromatic carbocycles. The quantitative estimate of drug-likeness (QED) is 0.601. The number of nitrogens with one attached hydrogen (secondary N) is 2. The molecule has 2 aromatic heterocycles. The number of esters is 1. The first-order valence-corrected chi connectivity index (χ1v) is 9.50. The van der Waals surface area contributed by atoms with E-state index in [9.17, 15) is 9.59 Å². The molecule has 2 N–H and O–H groups in total. The summed E-state index contributed by atoms with van der Waals surface area (Å²) in [6.45, 7) is 4.00. The van der Waals surface area contributed by atoms with Gasteiger partial charge in [-0.2, -0.15) is 0 Å². The molecule has 0 saturated carbocycles. The van der Waals surface area contributed by atoms with Crippen LogP contribution in [0.3, 0.4) is 0 Å². The summed E-state index contributed by atoms with van der Waals surface area (Å²) in [7, 11) is 0. The van der Waals surface area contributed by atoms with Crippen molar-refractivity contribution < 1.29 is 14.3 Å². The Morgan fingerprint density at radius 1 is 1.26 bits per heavy atom. The Hall–Kier alpha value is -2.71. The number of aromatic nitrogens is 3. The van der Waals surface area contributed by atoms with E-state index in [4.69, 9.17) is 16.3 Å². The highest BCUT2D eigenvalue weighted by Gasteiger charge is 2.15. The van der Waals surface area contributed by atoms with Crippen molar-refractivity contribution in [1.82, 2.24) is 15.0 Å². The maximum atomic E-state index is 12.3. The third-order valence-corrected chi connectivity index (χ3v) is 5.01. The molecule has 3 rings (SSSR count). The van der Waals surface area contributed by atoms with E-state index in [1.807, 2.05) is 19.1 Å². The van der Waals surface area contributed by atoms with Crippen LogP contribution in [0, 0.1) is 0 Å². The number of halogens is 1. The van der Waals surface area contributed by atoms with Crippen LogP contribution < -0.4 is 5.32 Å². The van der Waals surface area contributed by atoms with Gasteiger partial charge in [-0.05, 0) is 37.6 Å². The van der Waals surface area contributed by atoms with Crippen molar-refractivity contribution in [3.8, 4) is 10.6 Å². The number of hydrogen-bond acceptors (Lipinski definition) is 6. The first-order valence-electron chi connectivity index (χ1n) is 8.31. The number of anilines is 1. The molecule has 2 heterocycles. The topological polar surface area (TPSA) is 97.0 Å². The number of imidazole rings is 1. The lowest BCUT2D eigenvalue weighted by molar-refractivity contribution is 0.0531. The Bertz CT molecular complexity index is 965. The van der Waals surface area contributed by atoms with Gasteiger partial charge >= 0.3 is 5.97 Å². The summed E-state index contributed by atoms with van der Waals surface area (Å²) in [5.74, 6) is -0.586. The highest BCUT2D eigenvalue weighted by Crippen LogP contribution is 2.27. The number of amides is 1. The fraction of sp³-hybridized carbons (Fsp3) is 0.222. The van der Waals surface area contributed by atoms with Crippen molar-refractivity contribution in [3.63, 3.8) is 0 Å². The third-order valence-electron chi connectivity index (χ3n) is 3.67. The number of thiazole rings is 1. The molecule has 0 aliphatic heterocycles. The number of aromatic amines is 1. The van der Waals surface area contributed by atoms with E-state index in [-0.39, 0.29) is 17.7 Å². The summed E-state index contributed by atoms with van der Waals surface area (Å²) < 4.78 is 4.97. The van der Waals surface area contributed by atoms with E-state index in [1.54, 1.807) is 19.1 Å². The average Bonchev–Trinajstić information content (AvgIpc) is 3.29. The van der Waals surface area contributed by atoms with E-state index in [0.29, 0.717) is 33.8 Å². The summed E-state index contributed by atoms with van der Waals surface area (Å²) in [5, 5.41) is 3.76. The second-order valence-corrected chi connectivity index (χ2v) is 6.88. The number of rotatable bonds is 6. The molecule has 0 bridgehead atoms. The van der Waals surface area contributed by atoms with Gasteiger partial charge < -0.3 is 15.0 Å². The van der Waals surface area contributed by atoms with Crippen LogP contribution in [0.5, 0.6) is 0 Å². The molecule has 3 aromatic rings. The molecule has 0 fully saturated rings. The number of benzene rings is 1. The normalized spacial score (nSPS) is 10.6. The fourth-order valence-corrected chi connectivity index (χ4v) is 3.40. The molecular formula is C18H17ClN4O3S. The maximum absolute atomic E-state index is 12.3. The standard InChI is InChI=1S/C18H17ClN4O3S/c1-3-12-14(19)23-15(22-12)16(24)21-11-7-5-10(6-8-11)17-20-9-13(27-17)18(25)26-4-2/h5-9H,3-4H2,1-2H3,(H,21,24)(H,22,23). The summed E-state index contributed by atoms with van der Waals surface area (Å²) in [6.07, 6.45) is 2.16. The Labute approximate surface area is 164 Å². The minimum absolute atomic E-state index is 0.167. The number of carbonyl (C=O) groups is 2. The van der Waals surface area contributed by atoms with Crippen LogP contribution >= 0.6 is 22.9 Å². The zero-order valence-corrected chi connectivity index (χ0v) is 16.3. The van der Waals surface area contributed by atoms with Crippen LogP contribution in [0.2, 0.25) is 5.15 Å². The molecule has 0 unspecified atom stereocenters. The Morgan fingerprint density at radius 3 is 2.63 bits per heavy atom. The smallest absolute Gasteiger partial charge is 0.349 e. The lowest BCUT2D eigenvalue weighted by Gasteiger charge is -2.04. The van der Waals surface area contributed by atoms with Crippen LogP contribution in [0.25, 0.3) is 10.6 Å². The van der Waals surface area contributed by atoms with Crippen LogP contribution in [-0.4, -0.2) is 33.4 Å². The first-order chi connectivity index (χ1) is 13.0. The number of H-pyrrole nitrogens is 1. The molecule has 0 aliphatic rings. The molecule has 0 radical (unpaired) electrons. The van der Waals surface area contributed by atoms with E-state index in [1.165, 1.54) is 17.5 Å². The van der Waals surface area contributed by atoms with Crippen molar-refractivity contribution in [2.75, 3.05) is 11.9 Å². The van der Waals surface area contributed by atoms with E-state index >= 15 is 0 Å². The largest absolute Gasteiger partial charge is 0.462 e. The van der Waals surface area contributed by atoms with Crippen LogP contribution in [0.1, 0.15) is 39.8 Å². The van der Waals surface area contributed by atoms with Gasteiger partial charge in [-0.15, -0.1) is 11.3 Å². The van der Waals surface area contributed by atoms with Crippen molar-refractivity contribution in [3.05, 3.63) is 52.0 Å². The monoisotopic (exact) mass is 404 g/mol. The SMILES string of the molecule is CCOC(=O)c1cnc(-c2ccc(NC(=O)c3nc(Cl)c(CC)[nH]3)cc2)s1. The van der Waals surface area contributed by atoms with Gasteiger partial charge in [0, 0.05) is 11.3 Å². The van der Waals surface area contributed by atoms with Gasteiger partial charge in [0.15, 0.2) is 11.0 Å². The molecule has 0 saturated heterocycles. The summed E-state index contributed by atoms with van der Waals surface area (Å²) in [6, 6.07) is 7.14. The van der Waals surface area contributed by atoms with Gasteiger partial charge in [0.25, 0.3) is 5.91 Å². The number of aryl methyl sites for hydroxylation is 1. The van der Waals surface area contributed by atoms with Crippen molar-refractivity contribution >= 4 is 40.5 Å². The molecule has 9 heteroatoms. The molecule has 1 amide bonds. The van der Waals surface area contributed by atoms with E-state index in [2.05, 4.69) is 20.3 Å². The average molecular weight is 405 g/mol. The summed E-state index contributed by atoms with van der Waals surface area (Å²) >= 11 is 7.22. The van der Waals surface area contributed by atoms with Crippen molar-refractivity contribution in [2.45, 2.75) is 20.3 Å². The van der Waals surface area contributed by atoms with Gasteiger partial charge in [-0.25, -0.2) is 14.8 Å². The first kappa shape index (κ1) is 19.1. The lowest BCUT2D eigenvalue weighted by atomic mass is 10.2. The molecule has 0 atom stereocenters. The van der Waals surface area contributed by atoms with Crippen LogP contribution in [-0.2, 0) is 11.2 Å². The molecule has 0 spiro atoms. The minimum atomic E-state index is -0.381. The van der Waals surface area contributed by atoms with Gasteiger partial charge in [0.1, 0.15) is 9.88 Å². The zero-order chi connectivity index (χ0) is 19.4. The minimum Gasteiger partial charge on any atom is -0.462 e. The summed E-state index contributed by atoms with van der Waals surface area (Å²) in [5.41, 5.74) is 2.16. The van der Waals surface area contributed by atoms with Crippen LogP contribution in [0.15, 0.2) is 30.5 Å². The van der Waals surface area contributed by atoms with E-state index in [0.717, 1.165) is 11.3 Å². The van der Waals surface area contributed by atoms with Gasteiger partial charge in [0.2, 0.25) is 0 Å². The Kier molecular flexibility index (Phi) is 5.88. The highest BCUT2D eigenvalue weighted by atomic mass is 35.5. The Balaban J connectivity index is 1.70. The number of ether oxygens (including phenoxy) is 1. The van der Waals surface area contributed by atoms with Gasteiger partial charge in [0.05, 0.1) is 18.5 Å². The van der Waals surface area contributed by atoms with Gasteiger partial charge in [-0.1, -0.05) is 18.5 Å². The zero-order valence-electron chi connectivity index (χ0n) is 14.7. The Morgan fingerprint density at radius 2 is 2.00 bits per heavy atom. The molecule has 7 nitrogen and oxygen atoms in total. The van der Waals surface area contributed by atoms with Crippen molar-refractivity contribution in [2.24, 2.45) is 0 Å². The molecule has 140 valence electrons. The maximum Gasteiger partial charge on any atom is 0.349 e. The predicted molar refractivity (Wildman–Crippen MR) is 104 cm³/mol. The number of carbonyl (C=O) groups excluding carboxylic acids is 2. The predicted octanol–water partition coefficient (Wildman–Crippen LogP) is 4.18. The second-order valence-electron chi connectivity index (χ2n) is 5.49. The number of hydrogen-bond donors (Lipinski definition) is 2. The molecule has 0 aliphatic carbocycles. The highest BCUT2D eigenvalue weighted by molar-refractivity contribution is 7.16. The van der Waals surface area contributed by atoms with Gasteiger partial charge in [-0.3, -0.25) is 4.79 Å². The molecular weight excluding hydrogens is 388 g/mol. The number of nitrogens with zero attached hydrogens (tertiary/aromatic N) is 2. The van der Waals surface area contributed by atoms with Crippen LogP contribution in [0.4, 0.5) is 5.69 Å². The third kappa shape index (κ3) is 4.35. The van der Waals surface area contributed by atoms with Crippen molar-refractivity contribution in [1.29, 1.82) is 0 Å². The fourth-order valence-electron chi connectivity index (χ4n) is 2.32. The molecule has 27 heavy (non-hydrogen) atoms.